The summed E-state index contributed by atoms with van der Waals surface area (Å²) in [5.41, 5.74) is 1.73. The Morgan fingerprint density at radius 2 is 1.86 bits per heavy atom. The molecule has 8 nitrogen and oxygen atoms in total. The smallest absolute Gasteiger partial charge is 0.256 e. The van der Waals surface area contributed by atoms with Gasteiger partial charge in [0, 0.05) is 24.7 Å². The molecule has 0 radical (unpaired) electrons. The monoisotopic (exact) mass is 529 g/mol. The maximum Gasteiger partial charge on any atom is 0.256 e. The molecule has 0 spiro atoms. The summed E-state index contributed by atoms with van der Waals surface area (Å²) in [5.74, 6) is 0.618. The van der Waals surface area contributed by atoms with Crippen molar-refractivity contribution in [1.29, 1.82) is 0 Å². The lowest BCUT2D eigenvalue weighted by atomic mass is 10.0. The van der Waals surface area contributed by atoms with Crippen molar-refractivity contribution in [3.63, 3.8) is 0 Å². The Balaban J connectivity index is 1.36. The molecule has 0 aliphatic carbocycles. The minimum Gasteiger partial charge on any atom is -0.306 e. The average molecular weight is 530 g/mol. The third-order valence-corrected chi connectivity index (χ3v) is 9.32. The number of carbonyl (C=O) groups excluding carboxylic acids is 1. The Morgan fingerprint density at radius 1 is 1.14 bits per heavy atom. The summed E-state index contributed by atoms with van der Waals surface area (Å²) in [5, 5.41) is 8.47. The van der Waals surface area contributed by atoms with Crippen molar-refractivity contribution in [2.75, 3.05) is 18.4 Å². The van der Waals surface area contributed by atoms with Gasteiger partial charge in [0.15, 0.2) is 0 Å². The van der Waals surface area contributed by atoms with Crippen LogP contribution >= 0.6 is 22.9 Å². The molecule has 35 heavy (non-hydrogen) atoms. The van der Waals surface area contributed by atoms with E-state index in [1.807, 2.05) is 19.1 Å². The van der Waals surface area contributed by atoms with Gasteiger partial charge in [-0.2, -0.15) is 14.1 Å². The Bertz CT molecular complexity index is 1500. The number of para-hydroxylation sites is 1. The van der Waals surface area contributed by atoms with Crippen molar-refractivity contribution in [1.82, 2.24) is 19.1 Å². The fraction of sp³-hybridized carbons (Fsp3) is 0.292. The molecule has 1 aliphatic rings. The predicted molar refractivity (Wildman–Crippen MR) is 138 cm³/mol. The number of sulfonamides is 1. The summed E-state index contributed by atoms with van der Waals surface area (Å²) in [4.78, 5) is 17.8. The van der Waals surface area contributed by atoms with Crippen LogP contribution in [0.5, 0.6) is 0 Å². The number of hydrogen-bond donors (Lipinski definition) is 1. The zero-order valence-electron chi connectivity index (χ0n) is 19.2. The van der Waals surface area contributed by atoms with Gasteiger partial charge in [-0.05, 0) is 62.1 Å². The van der Waals surface area contributed by atoms with Crippen LogP contribution < -0.4 is 5.32 Å². The van der Waals surface area contributed by atoms with Gasteiger partial charge in [0.1, 0.15) is 11.3 Å². The molecule has 4 aromatic rings. The molecule has 0 saturated carbocycles. The van der Waals surface area contributed by atoms with Gasteiger partial charge in [-0.1, -0.05) is 35.9 Å². The van der Waals surface area contributed by atoms with Crippen molar-refractivity contribution >= 4 is 54.9 Å². The number of halogens is 1. The van der Waals surface area contributed by atoms with Crippen LogP contribution in [0.15, 0.2) is 53.4 Å². The number of fused-ring (bicyclic) bond motifs is 1. The van der Waals surface area contributed by atoms with Gasteiger partial charge in [0.2, 0.25) is 15.2 Å². The van der Waals surface area contributed by atoms with Crippen LogP contribution in [-0.4, -0.2) is 46.5 Å². The fourth-order valence-corrected chi connectivity index (χ4v) is 6.77. The highest BCUT2D eigenvalue weighted by molar-refractivity contribution is 7.89. The standard InChI is InChI=1S/C24H24ClN5O3S2/c1-15-10-12-29(13-11-15)35(32,33)18-8-6-17(7-9-18)23(31)26-21-14-16(2)28-30(21)24-27-22-19(25)4-3-5-20(22)34-24/h3-9,14-15H,10-13H2,1-2H3,(H,26,31). The maximum atomic E-state index is 13.0. The highest BCUT2D eigenvalue weighted by Gasteiger charge is 2.28. The van der Waals surface area contributed by atoms with Crippen LogP contribution in [0.4, 0.5) is 5.82 Å². The van der Waals surface area contributed by atoms with Gasteiger partial charge in [-0.15, -0.1) is 0 Å². The van der Waals surface area contributed by atoms with E-state index in [0.717, 1.165) is 17.5 Å². The number of nitrogens with zero attached hydrogens (tertiary/aromatic N) is 4. The van der Waals surface area contributed by atoms with E-state index in [0.29, 0.717) is 51.8 Å². The summed E-state index contributed by atoms with van der Waals surface area (Å²) in [6.45, 7) is 5.00. The largest absolute Gasteiger partial charge is 0.306 e. The van der Waals surface area contributed by atoms with Crippen LogP contribution in [0.25, 0.3) is 15.3 Å². The molecular formula is C24H24ClN5O3S2. The lowest BCUT2D eigenvalue weighted by molar-refractivity contribution is 0.102. The van der Waals surface area contributed by atoms with E-state index in [4.69, 9.17) is 11.6 Å². The fourth-order valence-electron chi connectivity index (χ4n) is 4.07. The zero-order valence-corrected chi connectivity index (χ0v) is 21.6. The summed E-state index contributed by atoms with van der Waals surface area (Å²) in [6, 6.07) is 13.3. The molecule has 1 aliphatic heterocycles. The highest BCUT2D eigenvalue weighted by atomic mass is 35.5. The molecule has 2 aromatic heterocycles. The number of hydrogen-bond acceptors (Lipinski definition) is 6. The highest BCUT2D eigenvalue weighted by Crippen LogP contribution is 2.31. The van der Waals surface area contributed by atoms with Crippen LogP contribution in [0.1, 0.15) is 35.8 Å². The van der Waals surface area contributed by atoms with Crippen LogP contribution in [0.3, 0.4) is 0 Å². The number of piperidine rings is 1. The second-order valence-corrected chi connectivity index (χ2v) is 12.1. The number of thiazole rings is 1. The number of amides is 1. The van der Waals surface area contributed by atoms with Gasteiger partial charge < -0.3 is 5.32 Å². The van der Waals surface area contributed by atoms with Crippen molar-refractivity contribution in [3.8, 4) is 5.13 Å². The zero-order chi connectivity index (χ0) is 24.7. The van der Waals surface area contributed by atoms with Crippen molar-refractivity contribution in [3.05, 3.63) is 64.8 Å². The van der Waals surface area contributed by atoms with E-state index in [2.05, 4.69) is 22.3 Å². The molecule has 11 heteroatoms. The van der Waals surface area contributed by atoms with Crippen LogP contribution in [-0.2, 0) is 10.0 Å². The molecule has 1 amide bonds. The van der Waals surface area contributed by atoms with E-state index in [-0.39, 0.29) is 10.8 Å². The Labute approximate surface area is 212 Å². The Hall–Kier alpha value is -2.79. The molecule has 0 bridgehead atoms. The number of nitrogens with one attached hydrogen (secondary N) is 1. The first-order valence-corrected chi connectivity index (χ1v) is 13.9. The van der Waals surface area contributed by atoms with Crippen molar-refractivity contribution in [2.24, 2.45) is 5.92 Å². The summed E-state index contributed by atoms with van der Waals surface area (Å²) >= 11 is 7.68. The van der Waals surface area contributed by atoms with Crippen LogP contribution in [0.2, 0.25) is 5.02 Å². The first-order chi connectivity index (χ1) is 16.7. The first kappa shape index (κ1) is 23.9. The third kappa shape index (κ3) is 4.71. The molecular weight excluding hydrogens is 506 g/mol. The Kier molecular flexibility index (Phi) is 6.39. The second kappa shape index (κ2) is 9.34. The van der Waals surface area contributed by atoms with Crippen LogP contribution in [0, 0.1) is 12.8 Å². The number of anilines is 1. The van der Waals surface area contributed by atoms with E-state index < -0.39 is 10.0 Å². The van der Waals surface area contributed by atoms with E-state index in [1.165, 1.54) is 39.9 Å². The van der Waals surface area contributed by atoms with Crippen molar-refractivity contribution < 1.29 is 13.2 Å². The molecule has 3 heterocycles. The SMILES string of the molecule is Cc1cc(NC(=O)c2ccc(S(=O)(=O)N3CCC(C)CC3)cc2)n(-c2nc3c(Cl)cccc3s2)n1. The van der Waals surface area contributed by atoms with E-state index >= 15 is 0 Å². The topological polar surface area (TPSA) is 97.2 Å². The molecule has 1 N–H and O–H groups in total. The van der Waals surface area contributed by atoms with Crippen molar-refractivity contribution in [2.45, 2.75) is 31.6 Å². The van der Waals surface area contributed by atoms with Gasteiger partial charge in [-0.3, -0.25) is 4.79 Å². The normalized spacial score (nSPS) is 15.5. The molecule has 5 rings (SSSR count). The molecule has 0 atom stereocenters. The third-order valence-electron chi connectivity index (χ3n) is 6.11. The number of aryl methyl sites for hydroxylation is 1. The maximum absolute atomic E-state index is 13.0. The molecule has 2 aromatic carbocycles. The number of carbonyl (C=O) groups is 1. The molecule has 0 unspecified atom stereocenters. The molecule has 1 fully saturated rings. The lowest BCUT2D eigenvalue weighted by Crippen LogP contribution is -2.37. The summed E-state index contributed by atoms with van der Waals surface area (Å²) < 4.78 is 29.9. The van der Waals surface area contributed by atoms with Gasteiger partial charge in [0.25, 0.3) is 5.91 Å². The number of aromatic nitrogens is 3. The minimum absolute atomic E-state index is 0.191. The summed E-state index contributed by atoms with van der Waals surface area (Å²) in [6.07, 6.45) is 1.71. The van der Waals surface area contributed by atoms with E-state index in [1.54, 1.807) is 16.8 Å². The average Bonchev–Trinajstić information content (AvgIpc) is 3.43. The molecule has 1 saturated heterocycles. The van der Waals surface area contributed by atoms with Gasteiger partial charge in [0.05, 0.1) is 20.3 Å². The Morgan fingerprint density at radius 3 is 2.54 bits per heavy atom. The quantitative estimate of drug-likeness (QED) is 0.387. The molecule has 182 valence electrons. The van der Waals surface area contributed by atoms with E-state index in [9.17, 15) is 13.2 Å². The number of benzene rings is 2. The van der Waals surface area contributed by atoms with Gasteiger partial charge in [-0.25, -0.2) is 13.4 Å². The lowest BCUT2D eigenvalue weighted by Gasteiger charge is -2.29. The second-order valence-electron chi connectivity index (χ2n) is 8.73. The minimum atomic E-state index is -3.57. The number of rotatable bonds is 5. The summed E-state index contributed by atoms with van der Waals surface area (Å²) in [7, 11) is -3.57. The first-order valence-electron chi connectivity index (χ1n) is 11.3. The predicted octanol–water partition coefficient (Wildman–Crippen LogP) is 5.12. The van der Waals surface area contributed by atoms with Gasteiger partial charge >= 0.3 is 0 Å².